The van der Waals surface area contributed by atoms with Crippen molar-refractivity contribution in [2.24, 2.45) is 0 Å². The van der Waals surface area contributed by atoms with Crippen molar-refractivity contribution < 1.29 is 23.8 Å². The lowest BCUT2D eigenvalue weighted by Crippen LogP contribution is -2.36. The standard InChI is InChI=1S/C22H29NO5/c1-16(22(25)23-12-11-17-7-5-4-6-8-17)28-21(24)10-9-18-13-19(26-2)15-20(14-18)27-3/h7,9-10,13-16H,4-6,8,11-12H2,1-3H3,(H,23,25)/b10-9+/t16-/m0/s1. The van der Waals surface area contributed by atoms with Crippen LogP contribution in [0.3, 0.4) is 0 Å². The van der Waals surface area contributed by atoms with Gasteiger partial charge in [-0.3, -0.25) is 4.79 Å². The second-order valence-corrected chi connectivity index (χ2v) is 6.71. The Hall–Kier alpha value is -2.76. The van der Waals surface area contributed by atoms with Crippen molar-refractivity contribution in [1.29, 1.82) is 0 Å². The summed E-state index contributed by atoms with van der Waals surface area (Å²) in [5.74, 6) is 0.363. The van der Waals surface area contributed by atoms with Gasteiger partial charge in [-0.15, -0.1) is 0 Å². The van der Waals surface area contributed by atoms with Gasteiger partial charge in [0.1, 0.15) is 11.5 Å². The van der Waals surface area contributed by atoms with E-state index in [1.165, 1.54) is 24.5 Å². The summed E-state index contributed by atoms with van der Waals surface area (Å²) in [7, 11) is 3.11. The number of esters is 1. The van der Waals surface area contributed by atoms with Crippen LogP contribution >= 0.6 is 0 Å². The molecule has 1 amide bonds. The third-order valence-corrected chi connectivity index (χ3v) is 4.58. The van der Waals surface area contributed by atoms with Crippen LogP contribution in [0.5, 0.6) is 11.5 Å². The van der Waals surface area contributed by atoms with E-state index in [0.717, 1.165) is 24.8 Å². The van der Waals surface area contributed by atoms with Gasteiger partial charge in [0.05, 0.1) is 14.2 Å². The molecular weight excluding hydrogens is 358 g/mol. The smallest absolute Gasteiger partial charge is 0.331 e. The SMILES string of the molecule is COc1cc(/C=C/C(=O)O[C@@H](C)C(=O)NCCC2=CCCCC2)cc(OC)c1. The minimum Gasteiger partial charge on any atom is -0.497 e. The first-order valence-corrected chi connectivity index (χ1v) is 9.59. The van der Waals surface area contributed by atoms with Crippen molar-refractivity contribution in [3.05, 3.63) is 41.5 Å². The molecule has 1 atom stereocenters. The maximum Gasteiger partial charge on any atom is 0.331 e. The van der Waals surface area contributed by atoms with Crippen LogP contribution in [-0.2, 0) is 14.3 Å². The lowest BCUT2D eigenvalue weighted by Gasteiger charge is -2.15. The van der Waals surface area contributed by atoms with Gasteiger partial charge in [-0.05, 0) is 62.8 Å². The average Bonchev–Trinajstić information content (AvgIpc) is 2.72. The molecule has 1 aromatic rings. The normalized spacial score (nSPS) is 14.9. The van der Waals surface area contributed by atoms with Gasteiger partial charge < -0.3 is 19.5 Å². The first kappa shape index (κ1) is 21.5. The molecular formula is C22H29NO5. The Morgan fingerprint density at radius 1 is 1.14 bits per heavy atom. The molecule has 0 radical (unpaired) electrons. The van der Waals surface area contributed by atoms with E-state index in [2.05, 4.69) is 11.4 Å². The number of methoxy groups -OCH3 is 2. The third-order valence-electron chi connectivity index (χ3n) is 4.58. The number of ether oxygens (including phenoxy) is 3. The molecule has 0 saturated carbocycles. The predicted octanol–water partition coefficient (Wildman–Crippen LogP) is 3.66. The molecule has 1 aliphatic carbocycles. The Morgan fingerprint density at radius 3 is 2.46 bits per heavy atom. The number of hydrogen-bond donors (Lipinski definition) is 1. The van der Waals surface area contributed by atoms with Gasteiger partial charge in [0.2, 0.25) is 0 Å². The Balaban J connectivity index is 1.80. The molecule has 0 saturated heterocycles. The van der Waals surface area contributed by atoms with Crippen LogP contribution in [0.1, 0.15) is 44.6 Å². The van der Waals surface area contributed by atoms with E-state index in [1.54, 1.807) is 45.4 Å². The zero-order valence-corrected chi connectivity index (χ0v) is 16.8. The molecule has 0 aliphatic heterocycles. The van der Waals surface area contributed by atoms with Crippen LogP contribution in [0.25, 0.3) is 6.08 Å². The molecule has 1 aromatic carbocycles. The summed E-state index contributed by atoms with van der Waals surface area (Å²) in [6.07, 6.45) is 9.85. The molecule has 6 heteroatoms. The molecule has 28 heavy (non-hydrogen) atoms. The predicted molar refractivity (Wildman–Crippen MR) is 108 cm³/mol. The highest BCUT2D eigenvalue weighted by atomic mass is 16.5. The maximum absolute atomic E-state index is 12.1. The van der Waals surface area contributed by atoms with E-state index >= 15 is 0 Å². The van der Waals surface area contributed by atoms with Crippen molar-refractivity contribution in [2.45, 2.75) is 45.1 Å². The minimum atomic E-state index is -0.850. The van der Waals surface area contributed by atoms with Crippen LogP contribution in [0, 0.1) is 0 Å². The van der Waals surface area contributed by atoms with Crippen molar-refractivity contribution >= 4 is 18.0 Å². The van der Waals surface area contributed by atoms with Crippen LogP contribution in [-0.4, -0.2) is 38.7 Å². The Bertz CT molecular complexity index is 716. The molecule has 1 N–H and O–H groups in total. The molecule has 0 unspecified atom stereocenters. The highest BCUT2D eigenvalue weighted by molar-refractivity contribution is 5.90. The lowest BCUT2D eigenvalue weighted by atomic mass is 9.97. The first-order chi connectivity index (χ1) is 13.5. The van der Waals surface area contributed by atoms with Gasteiger partial charge in [0.15, 0.2) is 6.10 Å². The van der Waals surface area contributed by atoms with Gasteiger partial charge in [-0.25, -0.2) is 4.79 Å². The molecule has 0 bridgehead atoms. The molecule has 152 valence electrons. The highest BCUT2D eigenvalue weighted by Crippen LogP contribution is 2.23. The minimum absolute atomic E-state index is 0.291. The molecule has 6 nitrogen and oxygen atoms in total. The largest absolute Gasteiger partial charge is 0.497 e. The second kappa shape index (κ2) is 11.2. The second-order valence-electron chi connectivity index (χ2n) is 6.71. The summed E-state index contributed by atoms with van der Waals surface area (Å²) >= 11 is 0. The van der Waals surface area contributed by atoms with E-state index in [9.17, 15) is 9.59 Å². The van der Waals surface area contributed by atoms with Crippen LogP contribution < -0.4 is 14.8 Å². The van der Waals surface area contributed by atoms with E-state index in [-0.39, 0.29) is 5.91 Å². The number of rotatable bonds is 9. The van der Waals surface area contributed by atoms with Gasteiger partial charge in [-0.1, -0.05) is 11.6 Å². The van der Waals surface area contributed by atoms with Crippen molar-refractivity contribution in [3.63, 3.8) is 0 Å². The Labute approximate surface area is 166 Å². The van der Waals surface area contributed by atoms with Crippen molar-refractivity contribution in [1.82, 2.24) is 5.32 Å². The fourth-order valence-electron chi connectivity index (χ4n) is 2.98. The van der Waals surface area contributed by atoms with Gasteiger partial charge in [0, 0.05) is 18.7 Å². The monoisotopic (exact) mass is 387 g/mol. The molecule has 0 spiro atoms. The van der Waals surface area contributed by atoms with Gasteiger partial charge in [0.25, 0.3) is 5.91 Å². The van der Waals surface area contributed by atoms with E-state index in [1.807, 2.05) is 0 Å². The number of carbonyl (C=O) groups is 2. The summed E-state index contributed by atoms with van der Waals surface area (Å²) < 4.78 is 15.6. The molecule has 2 rings (SSSR count). The zero-order chi connectivity index (χ0) is 20.4. The Kier molecular flexibility index (Phi) is 8.59. The number of amides is 1. The third kappa shape index (κ3) is 7.10. The number of allylic oxidation sites excluding steroid dienone is 1. The number of carbonyl (C=O) groups excluding carboxylic acids is 2. The van der Waals surface area contributed by atoms with Crippen molar-refractivity contribution in [2.75, 3.05) is 20.8 Å². The summed E-state index contributed by atoms with van der Waals surface area (Å²) in [6, 6.07) is 5.27. The lowest BCUT2D eigenvalue weighted by molar-refractivity contribution is -0.150. The Morgan fingerprint density at radius 2 is 1.86 bits per heavy atom. The summed E-state index contributed by atoms with van der Waals surface area (Å²) in [4.78, 5) is 24.1. The number of benzene rings is 1. The van der Waals surface area contributed by atoms with Crippen molar-refractivity contribution in [3.8, 4) is 11.5 Å². The van der Waals surface area contributed by atoms with Gasteiger partial charge in [-0.2, -0.15) is 0 Å². The summed E-state index contributed by atoms with van der Waals surface area (Å²) in [5.41, 5.74) is 2.12. The van der Waals surface area contributed by atoms with E-state index in [4.69, 9.17) is 14.2 Å². The van der Waals surface area contributed by atoms with Crippen LogP contribution in [0.4, 0.5) is 0 Å². The molecule has 0 aromatic heterocycles. The zero-order valence-electron chi connectivity index (χ0n) is 16.8. The van der Waals surface area contributed by atoms with E-state index < -0.39 is 12.1 Å². The average molecular weight is 387 g/mol. The number of hydrogen-bond acceptors (Lipinski definition) is 5. The topological polar surface area (TPSA) is 73.9 Å². The molecule has 1 aliphatic rings. The first-order valence-electron chi connectivity index (χ1n) is 9.59. The number of nitrogens with one attached hydrogen (secondary N) is 1. The summed E-state index contributed by atoms with van der Waals surface area (Å²) in [6.45, 7) is 2.13. The fraction of sp³-hybridized carbons (Fsp3) is 0.455. The van der Waals surface area contributed by atoms with Crippen LogP contribution in [0.15, 0.2) is 35.9 Å². The highest BCUT2D eigenvalue weighted by Gasteiger charge is 2.16. The van der Waals surface area contributed by atoms with Crippen LogP contribution in [0.2, 0.25) is 0 Å². The quantitative estimate of drug-likeness (QED) is 0.398. The van der Waals surface area contributed by atoms with Gasteiger partial charge >= 0.3 is 5.97 Å². The molecule has 0 fully saturated rings. The summed E-state index contributed by atoms with van der Waals surface area (Å²) in [5, 5.41) is 2.82. The maximum atomic E-state index is 12.1. The fourth-order valence-corrected chi connectivity index (χ4v) is 2.98. The van der Waals surface area contributed by atoms with E-state index in [0.29, 0.717) is 18.0 Å². The molecule has 0 heterocycles.